The molecule has 2 amide bonds. The lowest BCUT2D eigenvalue weighted by Gasteiger charge is -2.39. The Hall–Kier alpha value is -2.70. The third-order valence-corrected chi connectivity index (χ3v) is 8.99. The highest BCUT2D eigenvalue weighted by Gasteiger charge is 2.38. The number of carbonyl (C=O) groups is 2. The molecular weight excluding hydrogens is 548 g/mol. The van der Waals surface area contributed by atoms with Crippen LogP contribution < -0.4 is 0 Å². The van der Waals surface area contributed by atoms with Gasteiger partial charge in [0.2, 0.25) is 0 Å². The molecule has 0 bridgehead atoms. The van der Waals surface area contributed by atoms with Crippen molar-refractivity contribution >= 4 is 11.8 Å². The molecular formula is C38H58N2O4. The number of nitrogens with zero attached hydrogens (tertiary/aromatic N) is 2. The molecule has 2 N–H and O–H groups in total. The molecule has 2 aromatic carbocycles. The zero-order chi connectivity index (χ0) is 33.4. The summed E-state index contributed by atoms with van der Waals surface area (Å²) in [6.45, 7) is 25.9. The van der Waals surface area contributed by atoms with Crippen LogP contribution in [0.15, 0.2) is 36.4 Å². The molecule has 2 aromatic rings. The van der Waals surface area contributed by atoms with Gasteiger partial charge in [-0.25, -0.2) is 10.1 Å². The Balaban J connectivity index is 1.83. The molecule has 1 aliphatic rings. The Morgan fingerprint density at radius 2 is 0.795 bits per heavy atom. The Morgan fingerprint density at radius 1 is 0.545 bits per heavy atom. The van der Waals surface area contributed by atoms with Gasteiger partial charge < -0.3 is 0 Å². The quantitative estimate of drug-likeness (QED) is 0.256. The summed E-state index contributed by atoms with van der Waals surface area (Å²) in [4.78, 5) is 27.0. The van der Waals surface area contributed by atoms with E-state index in [1.807, 2.05) is 0 Å². The maximum absolute atomic E-state index is 13.5. The third kappa shape index (κ3) is 8.94. The summed E-state index contributed by atoms with van der Waals surface area (Å²) in [5.74, 6) is -0.859. The largest absolute Gasteiger partial charge is 0.286 e. The van der Waals surface area contributed by atoms with Crippen LogP contribution in [0.1, 0.15) is 142 Å². The van der Waals surface area contributed by atoms with Crippen molar-refractivity contribution in [1.82, 2.24) is 10.1 Å². The molecule has 0 unspecified atom stereocenters. The number of hydroxylamine groups is 4. The zero-order valence-electron chi connectivity index (χ0n) is 29.5. The fourth-order valence-corrected chi connectivity index (χ4v) is 5.86. The van der Waals surface area contributed by atoms with E-state index in [1.54, 1.807) is 0 Å². The molecule has 1 saturated carbocycles. The van der Waals surface area contributed by atoms with Gasteiger partial charge in [0, 0.05) is 0 Å². The van der Waals surface area contributed by atoms with Gasteiger partial charge in [-0.05, 0) is 67.9 Å². The first-order valence-corrected chi connectivity index (χ1v) is 16.3. The number of hydrogen-bond donors (Lipinski definition) is 2. The molecule has 1 aliphatic carbocycles. The van der Waals surface area contributed by atoms with Crippen molar-refractivity contribution in [2.24, 2.45) is 0 Å². The van der Waals surface area contributed by atoms with Crippen molar-refractivity contribution in [3.63, 3.8) is 0 Å². The van der Waals surface area contributed by atoms with Crippen molar-refractivity contribution in [3.05, 3.63) is 69.8 Å². The molecule has 0 radical (unpaired) electrons. The number of amides is 2. The highest BCUT2D eigenvalue weighted by atomic mass is 16.5. The van der Waals surface area contributed by atoms with Gasteiger partial charge in [0.15, 0.2) is 0 Å². The molecule has 6 heteroatoms. The second-order valence-corrected chi connectivity index (χ2v) is 17.1. The molecule has 2 atom stereocenters. The highest BCUT2D eigenvalue weighted by molar-refractivity contribution is 5.80. The molecule has 3 rings (SSSR count). The van der Waals surface area contributed by atoms with Gasteiger partial charge in [-0.15, -0.1) is 0 Å². The van der Waals surface area contributed by atoms with E-state index in [1.165, 1.54) is 0 Å². The fraction of sp³-hybridized carbons (Fsp3) is 0.632. The van der Waals surface area contributed by atoms with Crippen molar-refractivity contribution in [1.29, 1.82) is 0 Å². The average molecular weight is 607 g/mol. The van der Waals surface area contributed by atoms with Crippen LogP contribution in [0.4, 0.5) is 0 Å². The SMILES string of the molecule is CC(C)(C)c1cc(CC(=O)N(O)[C@@H]2CCCC[C@H]2N(O)C(=O)Cc2cc(C(C)(C)C)cc(C(C)(C)C)c2)cc(C(C)(C)C)c1. The lowest BCUT2D eigenvalue weighted by molar-refractivity contribution is -0.212. The van der Waals surface area contributed by atoms with Crippen LogP contribution >= 0.6 is 0 Å². The van der Waals surface area contributed by atoms with Crippen LogP contribution in [0, 0.1) is 0 Å². The van der Waals surface area contributed by atoms with Crippen molar-refractivity contribution in [2.75, 3.05) is 0 Å². The van der Waals surface area contributed by atoms with Crippen molar-refractivity contribution < 1.29 is 20.0 Å². The van der Waals surface area contributed by atoms with Gasteiger partial charge >= 0.3 is 0 Å². The third-order valence-electron chi connectivity index (χ3n) is 8.99. The Kier molecular flexibility index (Phi) is 10.5. The van der Waals surface area contributed by atoms with Crippen molar-refractivity contribution in [3.8, 4) is 0 Å². The average Bonchev–Trinajstić information content (AvgIpc) is 2.89. The Morgan fingerprint density at radius 3 is 1.02 bits per heavy atom. The first-order valence-electron chi connectivity index (χ1n) is 16.3. The van der Waals surface area contributed by atoms with E-state index in [4.69, 9.17) is 0 Å². The summed E-state index contributed by atoms with van der Waals surface area (Å²) >= 11 is 0. The normalized spacial score (nSPS) is 18.2. The minimum atomic E-state index is -0.677. The van der Waals surface area contributed by atoms with E-state index in [0.29, 0.717) is 12.8 Å². The van der Waals surface area contributed by atoms with Crippen LogP contribution in [0.2, 0.25) is 0 Å². The van der Waals surface area contributed by atoms with E-state index >= 15 is 0 Å². The van der Waals surface area contributed by atoms with E-state index in [2.05, 4.69) is 119 Å². The summed E-state index contributed by atoms with van der Waals surface area (Å²) < 4.78 is 0. The van der Waals surface area contributed by atoms with Gasteiger partial charge in [0.1, 0.15) is 0 Å². The molecule has 0 aromatic heterocycles. The minimum Gasteiger partial charge on any atom is -0.286 e. The Bertz CT molecular complexity index is 1170. The second-order valence-electron chi connectivity index (χ2n) is 17.1. The molecule has 1 fully saturated rings. The minimum absolute atomic E-state index is 0.0429. The predicted octanol–water partition coefficient (Wildman–Crippen LogP) is 8.41. The van der Waals surface area contributed by atoms with E-state index < -0.39 is 23.9 Å². The van der Waals surface area contributed by atoms with E-state index in [0.717, 1.165) is 56.3 Å². The van der Waals surface area contributed by atoms with E-state index in [9.17, 15) is 20.0 Å². The number of rotatable bonds is 6. The number of hydrogen-bond acceptors (Lipinski definition) is 4. The van der Waals surface area contributed by atoms with E-state index in [-0.39, 0.29) is 34.5 Å². The highest BCUT2D eigenvalue weighted by Crippen LogP contribution is 2.33. The van der Waals surface area contributed by atoms with Gasteiger partial charge in [0.05, 0.1) is 24.9 Å². The monoisotopic (exact) mass is 606 g/mol. The van der Waals surface area contributed by atoms with Crippen LogP contribution in [-0.4, -0.2) is 44.4 Å². The van der Waals surface area contributed by atoms with Crippen LogP contribution in [0.5, 0.6) is 0 Å². The molecule has 0 heterocycles. The summed E-state index contributed by atoms with van der Waals surface area (Å²) in [5.41, 5.74) is 5.90. The molecule has 6 nitrogen and oxygen atoms in total. The zero-order valence-corrected chi connectivity index (χ0v) is 29.5. The van der Waals surface area contributed by atoms with Crippen LogP contribution in [-0.2, 0) is 44.1 Å². The number of carbonyl (C=O) groups excluding carboxylic acids is 2. The number of benzene rings is 2. The molecule has 0 spiro atoms. The molecule has 244 valence electrons. The molecule has 44 heavy (non-hydrogen) atoms. The van der Waals surface area contributed by atoms with Gasteiger partial charge in [-0.2, -0.15) is 0 Å². The molecule has 0 aliphatic heterocycles. The summed E-state index contributed by atoms with van der Waals surface area (Å²) in [6.07, 6.45) is 2.73. The lowest BCUT2D eigenvalue weighted by Crippen LogP contribution is -2.55. The topological polar surface area (TPSA) is 81.1 Å². The maximum atomic E-state index is 13.5. The summed E-state index contributed by atoms with van der Waals surface area (Å²) in [7, 11) is 0. The van der Waals surface area contributed by atoms with Gasteiger partial charge in [-0.1, -0.05) is 132 Å². The predicted molar refractivity (Wildman–Crippen MR) is 178 cm³/mol. The standard InChI is InChI=1S/C38H58N2O4/c1-35(2,3)27-17-25(18-28(23-27)36(4,5)6)21-33(41)39(43)31-15-13-14-16-32(31)40(44)34(42)22-26-19-29(37(7,8)9)24-30(20-26)38(10,11)12/h17-20,23-24,31-32,43-44H,13-16,21-22H2,1-12H3/t31-,32-/m1/s1. The summed E-state index contributed by atoms with van der Waals surface area (Å²) in [6, 6.07) is 11.3. The van der Waals surface area contributed by atoms with Crippen molar-refractivity contribution in [2.45, 2.75) is 155 Å². The maximum Gasteiger partial charge on any atom is 0.250 e. The van der Waals surface area contributed by atoms with Crippen LogP contribution in [0.3, 0.4) is 0 Å². The lowest BCUT2D eigenvalue weighted by atomic mass is 9.79. The fourth-order valence-electron chi connectivity index (χ4n) is 5.86. The summed E-state index contributed by atoms with van der Waals surface area (Å²) in [5, 5.41) is 24.1. The second kappa shape index (κ2) is 13.0. The first-order chi connectivity index (χ1) is 20.0. The Labute approximate surface area is 266 Å². The molecule has 0 saturated heterocycles. The smallest absolute Gasteiger partial charge is 0.250 e. The van der Waals surface area contributed by atoms with Gasteiger partial charge in [0.25, 0.3) is 11.8 Å². The van der Waals surface area contributed by atoms with Gasteiger partial charge in [-0.3, -0.25) is 20.0 Å². The first kappa shape index (κ1) is 35.8. The van der Waals surface area contributed by atoms with Crippen LogP contribution in [0.25, 0.3) is 0 Å².